The van der Waals surface area contributed by atoms with Gasteiger partial charge >= 0.3 is 0 Å². The molecular weight excluding hydrogens is 168 g/mol. The molecule has 0 aliphatic heterocycles. The van der Waals surface area contributed by atoms with Gasteiger partial charge in [0.2, 0.25) is 0 Å². The van der Waals surface area contributed by atoms with Gasteiger partial charge in [-0.3, -0.25) is 0 Å². The van der Waals surface area contributed by atoms with Crippen LogP contribution < -0.4 is 0 Å². The van der Waals surface area contributed by atoms with Gasteiger partial charge in [-0.2, -0.15) is 0 Å². The Balaban J connectivity index is 2.17. The Morgan fingerprint density at radius 1 is 1.14 bits per heavy atom. The van der Waals surface area contributed by atoms with E-state index in [4.69, 9.17) is 0 Å². The maximum atomic E-state index is 2.48. The first-order valence-electron chi connectivity index (χ1n) is 6.70. The van der Waals surface area contributed by atoms with E-state index in [2.05, 4.69) is 27.7 Å². The fourth-order valence-electron chi connectivity index (χ4n) is 2.85. The summed E-state index contributed by atoms with van der Waals surface area (Å²) in [6, 6.07) is 0. The number of hydrogen-bond donors (Lipinski definition) is 0. The van der Waals surface area contributed by atoms with Crippen LogP contribution in [0.1, 0.15) is 66.2 Å². The Labute approximate surface area is 90.5 Å². The van der Waals surface area contributed by atoms with E-state index in [-0.39, 0.29) is 0 Å². The van der Waals surface area contributed by atoms with E-state index in [1.807, 2.05) is 0 Å². The summed E-state index contributed by atoms with van der Waals surface area (Å²) in [4.78, 5) is 0. The van der Waals surface area contributed by atoms with Gasteiger partial charge in [0, 0.05) is 0 Å². The summed E-state index contributed by atoms with van der Waals surface area (Å²) < 4.78 is 0. The van der Waals surface area contributed by atoms with Gasteiger partial charge in [-0.15, -0.1) is 0 Å². The molecule has 0 saturated heterocycles. The quantitative estimate of drug-likeness (QED) is 0.544. The highest BCUT2D eigenvalue weighted by Gasteiger charge is 2.41. The van der Waals surface area contributed by atoms with E-state index in [0.29, 0.717) is 0 Å². The van der Waals surface area contributed by atoms with Crippen LogP contribution in [0.15, 0.2) is 0 Å². The third-order valence-corrected chi connectivity index (χ3v) is 4.22. The number of hydrogen-bond acceptors (Lipinski definition) is 0. The van der Waals surface area contributed by atoms with Crippen LogP contribution in [0.25, 0.3) is 0 Å². The molecule has 0 spiro atoms. The van der Waals surface area contributed by atoms with Crippen molar-refractivity contribution in [2.75, 3.05) is 0 Å². The summed E-state index contributed by atoms with van der Waals surface area (Å²) in [7, 11) is 0. The summed E-state index contributed by atoms with van der Waals surface area (Å²) in [5.41, 5.74) is 0. The highest BCUT2D eigenvalue weighted by atomic mass is 14.5. The Kier molecular flexibility index (Phi) is 4.98. The first-order chi connectivity index (χ1) is 6.70. The first-order valence-corrected chi connectivity index (χ1v) is 6.70. The molecule has 1 rings (SSSR count). The molecule has 0 radical (unpaired) electrons. The summed E-state index contributed by atoms with van der Waals surface area (Å²) in [6.07, 6.45) is 8.66. The van der Waals surface area contributed by atoms with E-state index in [1.165, 1.54) is 38.5 Å². The lowest BCUT2D eigenvalue weighted by Crippen LogP contribution is -2.11. The van der Waals surface area contributed by atoms with Gasteiger partial charge in [0.05, 0.1) is 0 Å². The van der Waals surface area contributed by atoms with E-state index in [0.717, 1.165) is 23.7 Å². The van der Waals surface area contributed by atoms with Crippen LogP contribution in [-0.4, -0.2) is 0 Å². The largest absolute Gasteiger partial charge is 0.0654 e. The van der Waals surface area contributed by atoms with Crippen LogP contribution in [-0.2, 0) is 0 Å². The van der Waals surface area contributed by atoms with Crippen molar-refractivity contribution in [1.29, 1.82) is 0 Å². The van der Waals surface area contributed by atoms with Crippen molar-refractivity contribution in [3.8, 4) is 0 Å². The lowest BCUT2D eigenvalue weighted by Gasteiger charge is -2.19. The standard InChI is InChI=1S/C14H28/c1-5-7-9-13-10-14(13)12(4)11(3)8-6-2/h11-14H,5-10H2,1-4H3. The maximum absolute atomic E-state index is 2.48. The van der Waals surface area contributed by atoms with E-state index < -0.39 is 0 Å². The molecule has 1 aliphatic rings. The third kappa shape index (κ3) is 3.29. The minimum Gasteiger partial charge on any atom is -0.0654 e. The third-order valence-electron chi connectivity index (χ3n) is 4.22. The second-order valence-corrected chi connectivity index (χ2v) is 5.43. The fraction of sp³-hybridized carbons (Fsp3) is 1.00. The zero-order valence-corrected chi connectivity index (χ0v) is 10.6. The maximum Gasteiger partial charge on any atom is -0.0355 e. The normalized spacial score (nSPS) is 30.0. The van der Waals surface area contributed by atoms with Gasteiger partial charge in [-0.25, -0.2) is 0 Å². The van der Waals surface area contributed by atoms with Gasteiger partial charge in [-0.05, 0) is 30.1 Å². The molecule has 0 heterocycles. The van der Waals surface area contributed by atoms with Gasteiger partial charge in [0.15, 0.2) is 0 Å². The molecule has 0 aromatic rings. The molecule has 14 heavy (non-hydrogen) atoms. The molecule has 0 aromatic heterocycles. The van der Waals surface area contributed by atoms with Gasteiger partial charge in [-0.1, -0.05) is 59.8 Å². The van der Waals surface area contributed by atoms with Crippen molar-refractivity contribution in [2.24, 2.45) is 23.7 Å². The summed E-state index contributed by atoms with van der Waals surface area (Å²) in [5.74, 6) is 4.13. The second-order valence-electron chi connectivity index (χ2n) is 5.43. The summed E-state index contributed by atoms with van der Waals surface area (Å²) >= 11 is 0. The summed E-state index contributed by atoms with van der Waals surface area (Å²) in [5, 5.41) is 0. The highest BCUT2D eigenvalue weighted by molar-refractivity contribution is 4.90. The zero-order valence-electron chi connectivity index (χ0n) is 10.6. The summed E-state index contributed by atoms with van der Waals surface area (Å²) in [6.45, 7) is 9.55. The van der Waals surface area contributed by atoms with E-state index >= 15 is 0 Å². The Morgan fingerprint density at radius 2 is 1.86 bits per heavy atom. The molecule has 0 aromatic carbocycles. The molecule has 0 amide bonds. The fourth-order valence-corrected chi connectivity index (χ4v) is 2.85. The molecule has 1 aliphatic carbocycles. The first kappa shape index (κ1) is 12.1. The van der Waals surface area contributed by atoms with Crippen LogP contribution in [0.2, 0.25) is 0 Å². The molecule has 1 fully saturated rings. The van der Waals surface area contributed by atoms with Gasteiger partial charge in [0.25, 0.3) is 0 Å². The lowest BCUT2D eigenvalue weighted by atomic mass is 9.87. The average molecular weight is 196 g/mol. The highest BCUT2D eigenvalue weighted by Crippen LogP contribution is 2.50. The molecule has 0 heteroatoms. The Bertz CT molecular complexity index is 150. The smallest absolute Gasteiger partial charge is 0.0355 e. The van der Waals surface area contributed by atoms with Crippen molar-refractivity contribution in [3.05, 3.63) is 0 Å². The zero-order chi connectivity index (χ0) is 10.6. The topological polar surface area (TPSA) is 0 Å². The van der Waals surface area contributed by atoms with E-state index in [1.54, 1.807) is 0 Å². The average Bonchev–Trinajstić information content (AvgIpc) is 2.93. The molecule has 0 N–H and O–H groups in total. The predicted molar refractivity (Wildman–Crippen MR) is 64.4 cm³/mol. The van der Waals surface area contributed by atoms with Crippen molar-refractivity contribution >= 4 is 0 Å². The molecular formula is C14H28. The minimum atomic E-state index is 0.955. The second kappa shape index (κ2) is 5.78. The van der Waals surface area contributed by atoms with Crippen LogP contribution in [0.5, 0.6) is 0 Å². The molecule has 4 atom stereocenters. The van der Waals surface area contributed by atoms with E-state index in [9.17, 15) is 0 Å². The number of rotatable bonds is 7. The number of unbranched alkanes of at least 4 members (excludes halogenated alkanes) is 1. The van der Waals surface area contributed by atoms with Crippen LogP contribution >= 0.6 is 0 Å². The van der Waals surface area contributed by atoms with Crippen LogP contribution in [0, 0.1) is 23.7 Å². The Hall–Kier alpha value is 0. The van der Waals surface area contributed by atoms with Crippen molar-refractivity contribution in [2.45, 2.75) is 66.2 Å². The predicted octanol–water partition coefficient (Wildman–Crippen LogP) is 4.89. The van der Waals surface area contributed by atoms with Crippen molar-refractivity contribution < 1.29 is 0 Å². The molecule has 0 nitrogen and oxygen atoms in total. The molecule has 1 saturated carbocycles. The minimum absolute atomic E-state index is 0.955. The van der Waals surface area contributed by atoms with Gasteiger partial charge in [0.1, 0.15) is 0 Å². The molecule has 0 bridgehead atoms. The van der Waals surface area contributed by atoms with Gasteiger partial charge < -0.3 is 0 Å². The van der Waals surface area contributed by atoms with Crippen molar-refractivity contribution in [3.63, 3.8) is 0 Å². The molecule has 4 unspecified atom stereocenters. The Morgan fingerprint density at radius 3 is 2.43 bits per heavy atom. The molecule has 84 valence electrons. The van der Waals surface area contributed by atoms with Crippen molar-refractivity contribution in [1.82, 2.24) is 0 Å². The van der Waals surface area contributed by atoms with Crippen LogP contribution in [0.3, 0.4) is 0 Å². The lowest BCUT2D eigenvalue weighted by molar-refractivity contribution is 0.308. The SMILES string of the molecule is CCCCC1CC1C(C)C(C)CCC. The monoisotopic (exact) mass is 196 g/mol. The van der Waals surface area contributed by atoms with Crippen LogP contribution in [0.4, 0.5) is 0 Å².